The predicted octanol–water partition coefficient (Wildman–Crippen LogP) is 3.44. The van der Waals surface area contributed by atoms with Crippen molar-refractivity contribution in [1.82, 2.24) is 0 Å². The minimum atomic E-state index is 0.631. The molecule has 0 bridgehead atoms. The second kappa shape index (κ2) is 7.94. The monoisotopic (exact) mass is 252 g/mol. The molecule has 0 saturated carbocycles. The van der Waals surface area contributed by atoms with Gasteiger partial charge in [-0.05, 0) is 37.5 Å². The molecule has 0 atom stereocenters. The van der Waals surface area contributed by atoms with Gasteiger partial charge in [0.2, 0.25) is 0 Å². The van der Waals surface area contributed by atoms with Crippen LogP contribution in [0.15, 0.2) is 18.2 Å². The van der Waals surface area contributed by atoms with Crippen LogP contribution in [0.3, 0.4) is 0 Å². The maximum absolute atomic E-state index is 8.93. The molecule has 0 aliphatic carbocycles. The van der Waals surface area contributed by atoms with Crippen LogP contribution in [0.2, 0.25) is 5.02 Å². The Kier molecular flexibility index (Phi) is 6.46. The van der Waals surface area contributed by atoms with Crippen molar-refractivity contribution in [2.24, 2.45) is 0 Å². The average Bonchev–Trinajstić information content (AvgIpc) is 2.34. The predicted molar refractivity (Wildman–Crippen MR) is 70.4 cm³/mol. The number of anilines is 1. The third-order valence-electron chi connectivity index (χ3n) is 2.44. The van der Waals surface area contributed by atoms with Crippen LogP contribution < -0.4 is 5.32 Å². The highest BCUT2D eigenvalue weighted by Gasteiger charge is 2.01. The number of unbranched alkanes of at least 4 members (excludes halogenated alkanes) is 2. The molecule has 0 fully saturated rings. The van der Waals surface area contributed by atoms with Gasteiger partial charge in [0, 0.05) is 25.3 Å². The highest BCUT2D eigenvalue weighted by atomic mass is 35.5. The number of methoxy groups -OCH3 is 1. The molecule has 0 amide bonds. The normalized spacial score (nSPS) is 9.94. The fourth-order valence-electron chi connectivity index (χ4n) is 1.53. The fraction of sp³-hybridized carbons (Fsp3) is 0.462. The van der Waals surface area contributed by atoms with Gasteiger partial charge in [-0.2, -0.15) is 5.26 Å². The van der Waals surface area contributed by atoms with Crippen LogP contribution >= 0.6 is 11.6 Å². The number of hydrogen-bond donors (Lipinski definition) is 1. The molecule has 0 unspecified atom stereocenters. The molecule has 1 aromatic rings. The molecule has 17 heavy (non-hydrogen) atoms. The van der Waals surface area contributed by atoms with Gasteiger partial charge in [0.1, 0.15) is 6.07 Å². The molecule has 3 nitrogen and oxygen atoms in total. The van der Waals surface area contributed by atoms with E-state index in [0.717, 1.165) is 38.1 Å². The Labute approximate surface area is 107 Å². The summed E-state index contributed by atoms with van der Waals surface area (Å²) in [6.07, 6.45) is 3.24. The SMILES string of the molecule is COCCCCCNc1cc(Cl)ccc1C#N. The molecule has 92 valence electrons. The summed E-state index contributed by atoms with van der Waals surface area (Å²) in [6, 6.07) is 7.39. The standard InChI is InChI=1S/C13H17ClN2O/c1-17-8-4-2-3-7-16-13-9-12(14)6-5-11(13)10-15/h5-6,9,16H,2-4,7-8H2,1H3. The number of ether oxygens (including phenoxy) is 1. The average molecular weight is 253 g/mol. The third-order valence-corrected chi connectivity index (χ3v) is 2.68. The van der Waals surface area contributed by atoms with Gasteiger partial charge < -0.3 is 10.1 Å². The molecule has 1 rings (SSSR count). The lowest BCUT2D eigenvalue weighted by Gasteiger charge is -2.08. The van der Waals surface area contributed by atoms with Crippen LogP contribution in [0.4, 0.5) is 5.69 Å². The maximum atomic E-state index is 8.93. The first-order valence-electron chi connectivity index (χ1n) is 5.70. The number of rotatable bonds is 7. The molecule has 0 radical (unpaired) electrons. The summed E-state index contributed by atoms with van der Waals surface area (Å²) in [6.45, 7) is 1.65. The van der Waals surface area contributed by atoms with Crippen molar-refractivity contribution in [3.8, 4) is 6.07 Å². The van der Waals surface area contributed by atoms with E-state index in [-0.39, 0.29) is 0 Å². The molecular formula is C13H17ClN2O. The topological polar surface area (TPSA) is 45.0 Å². The van der Waals surface area contributed by atoms with Crippen molar-refractivity contribution in [3.05, 3.63) is 28.8 Å². The first-order valence-corrected chi connectivity index (χ1v) is 6.08. The van der Waals surface area contributed by atoms with Gasteiger partial charge in [-0.3, -0.25) is 0 Å². The largest absolute Gasteiger partial charge is 0.385 e. The minimum absolute atomic E-state index is 0.631. The Bertz CT molecular complexity index is 387. The van der Waals surface area contributed by atoms with Gasteiger partial charge in [0.25, 0.3) is 0 Å². The van der Waals surface area contributed by atoms with Crippen molar-refractivity contribution in [3.63, 3.8) is 0 Å². The second-order valence-corrected chi connectivity index (χ2v) is 4.22. The molecule has 0 heterocycles. The van der Waals surface area contributed by atoms with Crippen LogP contribution in [0, 0.1) is 11.3 Å². The zero-order valence-corrected chi connectivity index (χ0v) is 10.8. The lowest BCUT2D eigenvalue weighted by molar-refractivity contribution is 0.192. The number of nitrogens with one attached hydrogen (secondary N) is 1. The van der Waals surface area contributed by atoms with Crippen molar-refractivity contribution in [1.29, 1.82) is 5.26 Å². The molecule has 0 spiro atoms. The summed E-state index contributed by atoms with van der Waals surface area (Å²) >= 11 is 5.89. The first kappa shape index (κ1) is 13.8. The van der Waals surface area contributed by atoms with Crippen LogP contribution in [0.5, 0.6) is 0 Å². The Balaban J connectivity index is 2.36. The molecule has 0 aromatic heterocycles. The van der Waals surface area contributed by atoms with E-state index in [4.69, 9.17) is 21.6 Å². The van der Waals surface area contributed by atoms with E-state index in [9.17, 15) is 0 Å². The van der Waals surface area contributed by atoms with Crippen LogP contribution in [-0.2, 0) is 4.74 Å². The molecule has 1 aromatic carbocycles. The zero-order chi connectivity index (χ0) is 12.5. The Morgan fingerprint density at radius 1 is 1.35 bits per heavy atom. The second-order valence-electron chi connectivity index (χ2n) is 3.78. The number of nitrogens with zero attached hydrogens (tertiary/aromatic N) is 1. The smallest absolute Gasteiger partial charge is 0.101 e. The number of hydrogen-bond acceptors (Lipinski definition) is 3. The number of nitriles is 1. The molecule has 0 aliphatic rings. The van der Waals surface area contributed by atoms with E-state index in [1.54, 1.807) is 25.3 Å². The van der Waals surface area contributed by atoms with E-state index in [0.29, 0.717) is 10.6 Å². The van der Waals surface area contributed by atoms with E-state index in [1.165, 1.54) is 0 Å². The van der Waals surface area contributed by atoms with Gasteiger partial charge in [0.15, 0.2) is 0 Å². The summed E-state index contributed by atoms with van der Waals surface area (Å²) in [7, 11) is 1.71. The lowest BCUT2D eigenvalue weighted by Crippen LogP contribution is -2.03. The minimum Gasteiger partial charge on any atom is -0.385 e. The van der Waals surface area contributed by atoms with Gasteiger partial charge in [-0.1, -0.05) is 11.6 Å². The Hall–Kier alpha value is -1.24. The summed E-state index contributed by atoms with van der Waals surface area (Å²) in [5.41, 5.74) is 1.44. The summed E-state index contributed by atoms with van der Waals surface area (Å²) in [5.74, 6) is 0. The van der Waals surface area contributed by atoms with Crippen molar-refractivity contribution >= 4 is 17.3 Å². The molecule has 0 aliphatic heterocycles. The lowest BCUT2D eigenvalue weighted by atomic mass is 10.2. The van der Waals surface area contributed by atoms with Gasteiger partial charge in [-0.25, -0.2) is 0 Å². The molecule has 1 N–H and O–H groups in total. The van der Waals surface area contributed by atoms with E-state index in [2.05, 4.69) is 11.4 Å². The zero-order valence-electron chi connectivity index (χ0n) is 10.0. The van der Waals surface area contributed by atoms with Crippen molar-refractivity contribution in [2.75, 3.05) is 25.6 Å². The van der Waals surface area contributed by atoms with Gasteiger partial charge in [-0.15, -0.1) is 0 Å². The highest BCUT2D eigenvalue weighted by molar-refractivity contribution is 6.30. The quantitative estimate of drug-likeness (QED) is 0.756. The molecule has 0 saturated heterocycles. The van der Waals surface area contributed by atoms with Gasteiger partial charge in [0.05, 0.1) is 11.3 Å². The number of halogens is 1. The fourth-order valence-corrected chi connectivity index (χ4v) is 1.70. The Morgan fingerprint density at radius 2 is 2.18 bits per heavy atom. The summed E-state index contributed by atoms with van der Waals surface area (Å²) in [4.78, 5) is 0. The van der Waals surface area contributed by atoms with E-state index >= 15 is 0 Å². The first-order chi connectivity index (χ1) is 8.27. The van der Waals surface area contributed by atoms with Crippen LogP contribution in [-0.4, -0.2) is 20.3 Å². The van der Waals surface area contributed by atoms with Crippen molar-refractivity contribution < 1.29 is 4.74 Å². The van der Waals surface area contributed by atoms with Crippen molar-refractivity contribution in [2.45, 2.75) is 19.3 Å². The maximum Gasteiger partial charge on any atom is 0.101 e. The molecule has 4 heteroatoms. The van der Waals surface area contributed by atoms with Crippen LogP contribution in [0.25, 0.3) is 0 Å². The Morgan fingerprint density at radius 3 is 2.88 bits per heavy atom. The third kappa shape index (κ3) is 5.08. The summed E-state index contributed by atoms with van der Waals surface area (Å²) in [5, 5.41) is 12.8. The van der Waals surface area contributed by atoms with Gasteiger partial charge >= 0.3 is 0 Å². The highest BCUT2D eigenvalue weighted by Crippen LogP contribution is 2.20. The van der Waals surface area contributed by atoms with E-state index < -0.39 is 0 Å². The number of benzene rings is 1. The van der Waals surface area contributed by atoms with Crippen LogP contribution in [0.1, 0.15) is 24.8 Å². The summed E-state index contributed by atoms with van der Waals surface area (Å²) < 4.78 is 4.98. The molecular weight excluding hydrogens is 236 g/mol. The van der Waals surface area contributed by atoms with E-state index in [1.807, 2.05) is 0 Å².